The zero-order valence-corrected chi connectivity index (χ0v) is 12.2. The van der Waals surface area contributed by atoms with Gasteiger partial charge in [-0.3, -0.25) is 0 Å². The average molecular weight is 292 g/mol. The van der Waals surface area contributed by atoms with Crippen LogP contribution in [0.3, 0.4) is 0 Å². The van der Waals surface area contributed by atoms with Crippen molar-refractivity contribution in [1.29, 1.82) is 0 Å². The van der Waals surface area contributed by atoms with E-state index in [0.717, 1.165) is 5.56 Å². The van der Waals surface area contributed by atoms with Crippen molar-refractivity contribution in [3.8, 4) is 5.69 Å². The highest BCUT2D eigenvalue weighted by molar-refractivity contribution is 7.80. The van der Waals surface area contributed by atoms with Crippen LogP contribution in [0.25, 0.3) is 5.69 Å². The second-order valence-electron chi connectivity index (χ2n) is 4.74. The number of hydrogen-bond acceptors (Lipinski definition) is 2. The van der Waals surface area contributed by atoms with Gasteiger partial charge in [-0.2, -0.15) is 0 Å². The molecule has 0 fully saturated rings. The maximum Gasteiger partial charge on any atom is 0.166 e. The lowest BCUT2D eigenvalue weighted by atomic mass is 10.2. The Morgan fingerprint density at radius 1 is 1.45 bits per heavy atom. The molecule has 0 spiro atoms. The molecule has 2 aromatic rings. The minimum absolute atomic E-state index is 0.273. The van der Waals surface area contributed by atoms with Gasteiger partial charge in [-0.25, -0.2) is 9.37 Å². The van der Waals surface area contributed by atoms with Gasteiger partial charge in [-0.15, -0.1) is 0 Å². The Morgan fingerprint density at radius 3 is 2.85 bits per heavy atom. The highest BCUT2D eigenvalue weighted by Crippen LogP contribution is 2.14. The fourth-order valence-corrected chi connectivity index (χ4v) is 2.07. The minimum Gasteiger partial charge on any atom is -0.361 e. The molecule has 4 nitrogen and oxygen atoms in total. The molecule has 0 saturated carbocycles. The molecular formula is C14H17FN4S. The SMILES string of the molecule is CC(C)NC(=S)NCc1ccc(-n2ccnc2)c(F)c1. The third kappa shape index (κ3) is 3.77. The standard InChI is InChI=1S/C14H17FN4S/c1-10(2)18-14(20)17-8-11-3-4-13(12(15)7-11)19-6-5-16-9-19/h3-7,9-10H,8H2,1-2H3,(H2,17,18,20). The minimum atomic E-state index is -0.287. The van der Waals surface area contributed by atoms with Gasteiger partial charge < -0.3 is 15.2 Å². The van der Waals surface area contributed by atoms with Gasteiger partial charge >= 0.3 is 0 Å². The summed E-state index contributed by atoms with van der Waals surface area (Å²) in [5.41, 5.74) is 1.31. The smallest absolute Gasteiger partial charge is 0.166 e. The monoisotopic (exact) mass is 292 g/mol. The summed E-state index contributed by atoms with van der Waals surface area (Å²) in [6, 6.07) is 5.37. The van der Waals surface area contributed by atoms with Gasteiger partial charge in [-0.05, 0) is 43.8 Å². The molecule has 2 rings (SSSR count). The second kappa shape index (κ2) is 6.47. The first kappa shape index (κ1) is 14.5. The first-order chi connectivity index (χ1) is 9.56. The Labute approximate surface area is 123 Å². The van der Waals surface area contributed by atoms with Crippen LogP contribution in [0, 0.1) is 5.82 Å². The summed E-state index contributed by atoms with van der Waals surface area (Å²) in [5.74, 6) is -0.287. The zero-order chi connectivity index (χ0) is 14.5. The third-order valence-electron chi connectivity index (χ3n) is 2.67. The van der Waals surface area contributed by atoms with Crippen LogP contribution in [0.2, 0.25) is 0 Å². The summed E-state index contributed by atoms with van der Waals surface area (Å²) in [6.07, 6.45) is 4.89. The first-order valence-corrected chi connectivity index (χ1v) is 6.78. The molecule has 0 aliphatic rings. The molecule has 6 heteroatoms. The number of thiocarbonyl (C=S) groups is 1. The summed E-state index contributed by atoms with van der Waals surface area (Å²) < 4.78 is 15.7. The molecule has 0 aliphatic heterocycles. The number of halogens is 1. The molecule has 1 heterocycles. The quantitative estimate of drug-likeness (QED) is 0.849. The van der Waals surface area contributed by atoms with Crippen molar-refractivity contribution in [2.45, 2.75) is 26.4 Å². The van der Waals surface area contributed by atoms with Gasteiger partial charge in [0, 0.05) is 25.0 Å². The number of nitrogens with one attached hydrogen (secondary N) is 2. The van der Waals surface area contributed by atoms with Crippen molar-refractivity contribution in [2.24, 2.45) is 0 Å². The van der Waals surface area contributed by atoms with Crippen molar-refractivity contribution < 1.29 is 4.39 Å². The molecule has 0 atom stereocenters. The molecule has 1 aromatic carbocycles. The number of hydrogen-bond donors (Lipinski definition) is 2. The normalized spacial score (nSPS) is 10.6. The number of nitrogens with zero attached hydrogens (tertiary/aromatic N) is 2. The molecule has 0 bridgehead atoms. The molecular weight excluding hydrogens is 275 g/mol. The average Bonchev–Trinajstić information content (AvgIpc) is 2.89. The highest BCUT2D eigenvalue weighted by Gasteiger charge is 2.06. The largest absolute Gasteiger partial charge is 0.361 e. The van der Waals surface area contributed by atoms with E-state index in [1.165, 1.54) is 6.07 Å². The number of rotatable bonds is 4. The predicted molar refractivity (Wildman–Crippen MR) is 81.2 cm³/mol. The molecule has 0 unspecified atom stereocenters. The third-order valence-corrected chi connectivity index (χ3v) is 2.93. The van der Waals surface area contributed by atoms with Gasteiger partial charge in [0.25, 0.3) is 0 Å². The Hall–Kier alpha value is -1.95. The van der Waals surface area contributed by atoms with E-state index in [0.29, 0.717) is 17.3 Å². The van der Waals surface area contributed by atoms with Crippen LogP contribution in [0.15, 0.2) is 36.9 Å². The maximum absolute atomic E-state index is 14.0. The van der Waals surface area contributed by atoms with Crippen molar-refractivity contribution in [3.05, 3.63) is 48.3 Å². The van der Waals surface area contributed by atoms with E-state index in [1.54, 1.807) is 29.4 Å². The lowest BCUT2D eigenvalue weighted by Crippen LogP contribution is -2.38. The maximum atomic E-state index is 14.0. The van der Waals surface area contributed by atoms with E-state index in [-0.39, 0.29) is 11.9 Å². The Balaban J connectivity index is 2.01. The second-order valence-corrected chi connectivity index (χ2v) is 5.15. The Kier molecular flexibility index (Phi) is 4.68. The zero-order valence-electron chi connectivity index (χ0n) is 11.4. The Morgan fingerprint density at radius 2 is 2.25 bits per heavy atom. The molecule has 0 radical (unpaired) electrons. The van der Waals surface area contributed by atoms with Crippen LogP contribution in [0.4, 0.5) is 4.39 Å². The van der Waals surface area contributed by atoms with Crippen molar-refractivity contribution in [2.75, 3.05) is 0 Å². The van der Waals surface area contributed by atoms with Crippen LogP contribution < -0.4 is 10.6 Å². The van der Waals surface area contributed by atoms with Gasteiger partial charge in [0.15, 0.2) is 5.11 Å². The lowest BCUT2D eigenvalue weighted by molar-refractivity contribution is 0.614. The Bertz CT molecular complexity index is 581. The van der Waals surface area contributed by atoms with E-state index < -0.39 is 0 Å². The van der Waals surface area contributed by atoms with Gasteiger partial charge in [0.1, 0.15) is 5.82 Å². The lowest BCUT2D eigenvalue weighted by Gasteiger charge is -2.13. The topological polar surface area (TPSA) is 41.9 Å². The van der Waals surface area contributed by atoms with Crippen LogP contribution >= 0.6 is 12.2 Å². The molecule has 20 heavy (non-hydrogen) atoms. The summed E-state index contributed by atoms with van der Waals surface area (Å²) >= 11 is 5.12. The van der Waals surface area contributed by atoms with E-state index in [2.05, 4.69) is 15.6 Å². The fourth-order valence-electron chi connectivity index (χ4n) is 1.77. The molecule has 0 aliphatic carbocycles. The van der Waals surface area contributed by atoms with Crippen LogP contribution in [-0.4, -0.2) is 20.7 Å². The van der Waals surface area contributed by atoms with E-state index >= 15 is 0 Å². The van der Waals surface area contributed by atoms with Gasteiger partial charge in [0.05, 0.1) is 12.0 Å². The number of aromatic nitrogens is 2. The van der Waals surface area contributed by atoms with Crippen molar-refractivity contribution in [1.82, 2.24) is 20.2 Å². The molecule has 106 valence electrons. The van der Waals surface area contributed by atoms with Crippen LogP contribution in [-0.2, 0) is 6.54 Å². The molecule has 2 N–H and O–H groups in total. The first-order valence-electron chi connectivity index (χ1n) is 6.37. The summed E-state index contributed by atoms with van der Waals surface area (Å²) in [5, 5.41) is 6.69. The van der Waals surface area contributed by atoms with E-state index in [9.17, 15) is 4.39 Å². The predicted octanol–water partition coefficient (Wildman–Crippen LogP) is 2.38. The molecule has 0 saturated heterocycles. The fraction of sp³-hybridized carbons (Fsp3) is 0.286. The summed E-state index contributed by atoms with van der Waals surface area (Å²) in [7, 11) is 0. The van der Waals surface area contributed by atoms with Crippen LogP contribution in [0.1, 0.15) is 19.4 Å². The van der Waals surface area contributed by atoms with E-state index in [4.69, 9.17) is 12.2 Å². The summed E-state index contributed by atoms with van der Waals surface area (Å²) in [4.78, 5) is 3.91. The van der Waals surface area contributed by atoms with Crippen LogP contribution in [0.5, 0.6) is 0 Å². The number of benzene rings is 1. The van der Waals surface area contributed by atoms with Crippen molar-refractivity contribution >= 4 is 17.3 Å². The summed E-state index contributed by atoms with van der Waals surface area (Å²) in [6.45, 7) is 4.50. The highest BCUT2D eigenvalue weighted by atomic mass is 32.1. The number of imidazole rings is 1. The van der Waals surface area contributed by atoms with Gasteiger partial charge in [0.2, 0.25) is 0 Å². The van der Waals surface area contributed by atoms with Gasteiger partial charge in [-0.1, -0.05) is 6.07 Å². The van der Waals surface area contributed by atoms with E-state index in [1.807, 2.05) is 19.9 Å². The van der Waals surface area contributed by atoms with Crippen molar-refractivity contribution in [3.63, 3.8) is 0 Å². The molecule has 0 amide bonds. The molecule has 1 aromatic heterocycles.